The van der Waals surface area contributed by atoms with E-state index in [0.717, 1.165) is 10.3 Å². The fourth-order valence-electron chi connectivity index (χ4n) is 14.2. The summed E-state index contributed by atoms with van der Waals surface area (Å²) in [4.78, 5) is 0. The van der Waals surface area contributed by atoms with Crippen LogP contribution in [0.25, 0.3) is 0 Å². The van der Waals surface area contributed by atoms with E-state index in [0.29, 0.717) is 0 Å². The lowest BCUT2D eigenvalue weighted by Gasteiger charge is -2.71. The summed E-state index contributed by atoms with van der Waals surface area (Å²) in [6, 6.07) is 0. The molecule has 12 aliphatic rings. The monoisotopic (exact) mass is 436 g/mol. The lowest BCUT2D eigenvalue weighted by atomic mass is 9.55. The first-order valence-electron chi connectivity index (χ1n) is 14.9. The normalized spacial score (nSPS) is 65.6. The first-order valence-corrected chi connectivity index (χ1v) is 16.3. The van der Waals surface area contributed by atoms with Gasteiger partial charge in [0, 0.05) is 0 Å². The van der Waals surface area contributed by atoms with Gasteiger partial charge >= 0.3 is 0 Å². The van der Waals surface area contributed by atoms with Gasteiger partial charge in [0.2, 0.25) is 0 Å². The molecule has 170 valence electrons. The average Bonchev–Trinajstić information content (AvgIpc) is 2.67. The Morgan fingerprint density at radius 1 is 0.355 bits per heavy atom. The SMILES string of the molecule is C1C2CC3CC1CC(C2)C3P(C12CC3CC(CC(C3)C1)C2)C12CC3CC(CC(C3)C1)C2. The maximum Gasteiger partial charge on any atom is -0.00789 e. The molecule has 31 heavy (non-hydrogen) atoms. The topological polar surface area (TPSA) is 0 Å². The van der Waals surface area contributed by atoms with Crippen molar-refractivity contribution in [1.29, 1.82) is 0 Å². The van der Waals surface area contributed by atoms with Crippen molar-refractivity contribution in [3.05, 3.63) is 0 Å². The Morgan fingerprint density at radius 3 is 0.968 bits per heavy atom. The summed E-state index contributed by atoms with van der Waals surface area (Å²) in [5.41, 5.74) is 1.25. The molecule has 1 heteroatoms. The largest absolute Gasteiger partial charge is 0.0902 e. The third kappa shape index (κ3) is 2.54. The van der Waals surface area contributed by atoms with Gasteiger partial charge in [-0.05, 0) is 184 Å². The third-order valence-corrected chi connectivity index (χ3v) is 18.1. The first kappa shape index (κ1) is 18.7. The molecule has 12 bridgehead atoms. The average molecular weight is 437 g/mol. The molecule has 0 aromatic rings. The van der Waals surface area contributed by atoms with E-state index in [1.54, 1.807) is 109 Å². The molecule has 0 heterocycles. The fourth-order valence-corrected chi connectivity index (χ4v) is 20.5. The molecule has 0 radical (unpaired) electrons. The number of rotatable bonds is 3. The van der Waals surface area contributed by atoms with Crippen molar-refractivity contribution < 1.29 is 0 Å². The van der Waals surface area contributed by atoms with Gasteiger partial charge in [-0.1, -0.05) is 7.92 Å². The Bertz CT molecular complexity index is 637. The summed E-state index contributed by atoms with van der Waals surface area (Å²) >= 11 is 0. The standard InChI is InChI=1S/C30H45P/c1-18-8-26-10-19(1)11-27(9-18)28(26)31(29-12-20-2-21(13-29)4-22(3-20)14-29)30-15-23-5-24(16-30)7-25(6-23)17-30/h18-28H,1-17H2. The van der Waals surface area contributed by atoms with Crippen molar-refractivity contribution >= 4 is 7.92 Å². The molecule has 0 amide bonds. The van der Waals surface area contributed by atoms with Crippen molar-refractivity contribution in [2.24, 2.45) is 59.2 Å². The molecule has 0 atom stereocenters. The van der Waals surface area contributed by atoms with E-state index in [1.807, 2.05) is 0 Å². The van der Waals surface area contributed by atoms with Gasteiger partial charge < -0.3 is 0 Å². The molecule has 12 rings (SSSR count). The molecule has 12 saturated carbocycles. The van der Waals surface area contributed by atoms with Gasteiger partial charge in [-0.15, -0.1) is 0 Å². The van der Waals surface area contributed by atoms with Gasteiger partial charge in [-0.2, -0.15) is 0 Å². The van der Waals surface area contributed by atoms with E-state index in [2.05, 4.69) is 0 Å². The molecule has 0 aromatic carbocycles. The quantitative estimate of drug-likeness (QED) is 0.391. The zero-order valence-electron chi connectivity index (χ0n) is 19.8. The second kappa shape index (κ2) is 6.16. The highest BCUT2D eigenvalue weighted by atomic mass is 31.1. The van der Waals surface area contributed by atoms with Crippen LogP contribution in [0.5, 0.6) is 0 Å². The van der Waals surface area contributed by atoms with Gasteiger partial charge in [0.05, 0.1) is 0 Å². The van der Waals surface area contributed by atoms with Gasteiger partial charge in [-0.25, -0.2) is 0 Å². The Morgan fingerprint density at radius 2 is 0.645 bits per heavy atom. The molecule has 0 unspecified atom stereocenters. The first-order chi connectivity index (χ1) is 15.1. The van der Waals surface area contributed by atoms with Gasteiger partial charge in [0.25, 0.3) is 0 Å². The van der Waals surface area contributed by atoms with Crippen LogP contribution >= 0.6 is 7.92 Å². The third-order valence-electron chi connectivity index (χ3n) is 13.5. The lowest BCUT2D eigenvalue weighted by molar-refractivity contribution is 0.00136. The summed E-state index contributed by atoms with van der Waals surface area (Å²) in [7, 11) is 0.241. The minimum absolute atomic E-state index is 0.241. The van der Waals surface area contributed by atoms with Crippen LogP contribution in [0.2, 0.25) is 0 Å². The van der Waals surface area contributed by atoms with Gasteiger partial charge in [0.1, 0.15) is 0 Å². The van der Waals surface area contributed by atoms with Crippen molar-refractivity contribution in [2.45, 2.75) is 125 Å². The predicted molar refractivity (Wildman–Crippen MR) is 130 cm³/mol. The van der Waals surface area contributed by atoms with Crippen molar-refractivity contribution in [1.82, 2.24) is 0 Å². The Hall–Kier alpha value is 0.430. The van der Waals surface area contributed by atoms with Crippen LogP contribution in [0.15, 0.2) is 0 Å². The molecular weight excluding hydrogens is 391 g/mol. The zero-order valence-corrected chi connectivity index (χ0v) is 20.7. The fraction of sp³-hybridized carbons (Fsp3) is 1.00. The summed E-state index contributed by atoms with van der Waals surface area (Å²) in [5, 5.41) is 1.77. The van der Waals surface area contributed by atoms with Crippen molar-refractivity contribution in [2.75, 3.05) is 0 Å². The lowest BCUT2D eigenvalue weighted by Crippen LogP contribution is -2.61. The molecule has 12 aliphatic carbocycles. The summed E-state index contributed by atoms with van der Waals surface area (Å²) in [5.74, 6) is 11.7. The Labute approximate surface area is 192 Å². The van der Waals surface area contributed by atoms with E-state index in [9.17, 15) is 0 Å². The highest BCUT2D eigenvalue weighted by molar-refractivity contribution is 7.61. The van der Waals surface area contributed by atoms with E-state index < -0.39 is 0 Å². The summed E-state index contributed by atoms with van der Waals surface area (Å²) in [6.45, 7) is 0. The number of hydrogen-bond donors (Lipinski definition) is 0. The second-order valence-electron chi connectivity index (χ2n) is 15.6. The smallest absolute Gasteiger partial charge is 0.00789 e. The maximum atomic E-state index is 1.73. The molecule has 12 fully saturated rings. The van der Waals surface area contributed by atoms with Gasteiger partial charge in [-0.3, -0.25) is 0 Å². The molecule has 0 N–H and O–H groups in total. The highest BCUT2D eigenvalue weighted by Gasteiger charge is 2.66. The van der Waals surface area contributed by atoms with Crippen LogP contribution in [0.4, 0.5) is 0 Å². The van der Waals surface area contributed by atoms with Gasteiger partial charge in [0.15, 0.2) is 0 Å². The Kier molecular flexibility index (Phi) is 3.72. The van der Waals surface area contributed by atoms with E-state index in [4.69, 9.17) is 0 Å². The molecule has 0 nitrogen and oxygen atoms in total. The van der Waals surface area contributed by atoms with Crippen LogP contribution in [-0.2, 0) is 0 Å². The summed E-state index contributed by atoms with van der Waals surface area (Å²) < 4.78 is 0. The van der Waals surface area contributed by atoms with Crippen LogP contribution in [-0.4, -0.2) is 16.0 Å². The summed E-state index contributed by atoms with van der Waals surface area (Å²) in [6.07, 6.45) is 28.7. The second-order valence-corrected chi connectivity index (χ2v) is 18.8. The van der Waals surface area contributed by atoms with Crippen LogP contribution in [0.1, 0.15) is 109 Å². The molecule has 0 saturated heterocycles. The maximum absolute atomic E-state index is 1.73. The van der Waals surface area contributed by atoms with E-state index in [-0.39, 0.29) is 7.92 Å². The van der Waals surface area contributed by atoms with Crippen LogP contribution in [0.3, 0.4) is 0 Å². The van der Waals surface area contributed by atoms with E-state index in [1.165, 1.54) is 64.8 Å². The minimum Gasteiger partial charge on any atom is -0.0902 e. The van der Waals surface area contributed by atoms with Crippen molar-refractivity contribution in [3.63, 3.8) is 0 Å². The molecule has 0 aromatic heterocycles. The highest BCUT2D eigenvalue weighted by Crippen LogP contribution is 2.83. The molecular formula is C30H45P. The van der Waals surface area contributed by atoms with Crippen molar-refractivity contribution in [3.8, 4) is 0 Å². The minimum atomic E-state index is 0.241. The van der Waals surface area contributed by atoms with E-state index >= 15 is 0 Å². The zero-order chi connectivity index (χ0) is 19.9. The van der Waals surface area contributed by atoms with Crippen LogP contribution < -0.4 is 0 Å². The molecule has 0 spiro atoms. The molecule has 0 aliphatic heterocycles. The number of hydrogen-bond acceptors (Lipinski definition) is 0. The Balaban J connectivity index is 1.19. The predicted octanol–water partition coefficient (Wildman–Crippen LogP) is 8.23. The van der Waals surface area contributed by atoms with Crippen LogP contribution in [0, 0.1) is 59.2 Å².